The van der Waals surface area contributed by atoms with E-state index in [1.807, 2.05) is 30.3 Å². The Morgan fingerprint density at radius 3 is 2.61 bits per heavy atom. The lowest BCUT2D eigenvalue weighted by molar-refractivity contribution is 0.260. The van der Waals surface area contributed by atoms with Crippen LogP contribution in [0.1, 0.15) is 31.2 Å². The van der Waals surface area contributed by atoms with Gasteiger partial charge in [0, 0.05) is 5.56 Å². The standard InChI is InChI=1S/C16H18OS/c1-18-16-10-6-5-9-14(16)15(17)12-11-13-7-3-2-4-8-13/h2-4,7-8,15,17H,5-6,9-10H2,1H3. The van der Waals surface area contributed by atoms with Crippen molar-refractivity contribution >= 4 is 11.8 Å². The molecular weight excluding hydrogens is 240 g/mol. The van der Waals surface area contributed by atoms with Crippen LogP contribution in [0.15, 0.2) is 40.8 Å². The smallest absolute Gasteiger partial charge is 0.137 e. The lowest BCUT2D eigenvalue weighted by Gasteiger charge is -2.20. The van der Waals surface area contributed by atoms with Crippen LogP contribution in [0.25, 0.3) is 0 Å². The average Bonchev–Trinajstić information content (AvgIpc) is 2.45. The zero-order valence-corrected chi connectivity index (χ0v) is 11.5. The summed E-state index contributed by atoms with van der Waals surface area (Å²) in [6.07, 6.45) is 5.97. The molecule has 0 spiro atoms. The highest BCUT2D eigenvalue weighted by molar-refractivity contribution is 8.02. The van der Waals surface area contributed by atoms with Crippen molar-refractivity contribution in [2.45, 2.75) is 31.8 Å². The van der Waals surface area contributed by atoms with Crippen molar-refractivity contribution in [3.8, 4) is 11.8 Å². The molecule has 0 saturated carbocycles. The first-order valence-corrected chi connectivity index (χ1v) is 7.54. The third-order valence-electron chi connectivity index (χ3n) is 3.16. The van der Waals surface area contributed by atoms with Crippen molar-refractivity contribution < 1.29 is 5.11 Å². The molecular formula is C16H18OS. The molecule has 2 heteroatoms. The highest BCUT2D eigenvalue weighted by Gasteiger charge is 2.17. The summed E-state index contributed by atoms with van der Waals surface area (Å²) in [4.78, 5) is 1.33. The van der Waals surface area contributed by atoms with E-state index in [2.05, 4.69) is 18.1 Å². The summed E-state index contributed by atoms with van der Waals surface area (Å²) in [6, 6.07) is 9.82. The van der Waals surface area contributed by atoms with E-state index in [1.165, 1.54) is 17.7 Å². The number of thioether (sulfide) groups is 1. The van der Waals surface area contributed by atoms with E-state index in [0.717, 1.165) is 24.0 Å². The molecule has 0 bridgehead atoms. The Kier molecular flexibility index (Phi) is 4.92. The number of benzene rings is 1. The number of allylic oxidation sites excluding steroid dienone is 1. The van der Waals surface area contributed by atoms with Crippen molar-refractivity contribution in [2.75, 3.05) is 6.26 Å². The number of rotatable bonds is 2. The average molecular weight is 258 g/mol. The molecule has 1 aromatic rings. The Hall–Kier alpha value is -1.17. The van der Waals surface area contributed by atoms with Crippen molar-refractivity contribution in [1.82, 2.24) is 0 Å². The van der Waals surface area contributed by atoms with Crippen LogP contribution in [0, 0.1) is 11.8 Å². The van der Waals surface area contributed by atoms with E-state index >= 15 is 0 Å². The van der Waals surface area contributed by atoms with Gasteiger partial charge in [0.05, 0.1) is 0 Å². The normalized spacial score (nSPS) is 17.0. The van der Waals surface area contributed by atoms with Gasteiger partial charge in [-0.05, 0) is 54.6 Å². The lowest BCUT2D eigenvalue weighted by Crippen LogP contribution is -2.12. The van der Waals surface area contributed by atoms with Gasteiger partial charge in [-0.15, -0.1) is 11.8 Å². The van der Waals surface area contributed by atoms with Crippen LogP contribution < -0.4 is 0 Å². The van der Waals surface area contributed by atoms with Crippen molar-refractivity contribution in [2.24, 2.45) is 0 Å². The Bertz CT molecular complexity index is 479. The van der Waals surface area contributed by atoms with Gasteiger partial charge in [-0.25, -0.2) is 0 Å². The Balaban J connectivity index is 2.15. The van der Waals surface area contributed by atoms with Crippen LogP contribution >= 0.6 is 11.8 Å². The first-order valence-electron chi connectivity index (χ1n) is 6.32. The highest BCUT2D eigenvalue weighted by atomic mass is 32.2. The summed E-state index contributed by atoms with van der Waals surface area (Å²) in [7, 11) is 0. The van der Waals surface area contributed by atoms with Gasteiger partial charge in [0.25, 0.3) is 0 Å². The fraction of sp³-hybridized carbons (Fsp3) is 0.375. The minimum Gasteiger partial charge on any atom is -0.376 e. The largest absolute Gasteiger partial charge is 0.376 e. The molecule has 1 aromatic carbocycles. The SMILES string of the molecule is CSC1=C(C(O)C#Cc2ccccc2)CCCC1. The second kappa shape index (κ2) is 6.68. The minimum absolute atomic E-state index is 0.604. The fourth-order valence-electron chi connectivity index (χ4n) is 2.18. The molecule has 1 N–H and O–H groups in total. The minimum atomic E-state index is -0.604. The maximum absolute atomic E-state index is 10.2. The Morgan fingerprint density at radius 1 is 1.17 bits per heavy atom. The summed E-state index contributed by atoms with van der Waals surface area (Å²) in [5.74, 6) is 6.01. The van der Waals surface area contributed by atoms with E-state index in [1.54, 1.807) is 11.8 Å². The maximum atomic E-state index is 10.2. The molecule has 2 rings (SSSR count). The zero-order chi connectivity index (χ0) is 12.8. The van der Waals surface area contributed by atoms with E-state index in [-0.39, 0.29) is 0 Å². The predicted molar refractivity (Wildman–Crippen MR) is 78.3 cm³/mol. The van der Waals surface area contributed by atoms with E-state index in [9.17, 15) is 5.11 Å². The van der Waals surface area contributed by atoms with E-state index < -0.39 is 6.10 Å². The molecule has 1 unspecified atom stereocenters. The lowest BCUT2D eigenvalue weighted by atomic mass is 9.95. The summed E-state index contributed by atoms with van der Waals surface area (Å²) in [6.45, 7) is 0. The van der Waals surface area contributed by atoms with Gasteiger partial charge in [-0.3, -0.25) is 0 Å². The molecule has 94 valence electrons. The van der Waals surface area contributed by atoms with Crippen molar-refractivity contribution in [3.05, 3.63) is 46.4 Å². The van der Waals surface area contributed by atoms with Gasteiger partial charge in [-0.1, -0.05) is 30.0 Å². The second-order valence-corrected chi connectivity index (χ2v) is 5.30. The summed E-state index contributed by atoms with van der Waals surface area (Å²) in [5.41, 5.74) is 2.09. The molecule has 0 amide bonds. The number of aliphatic hydroxyl groups is 1. The molecule has 0 radical (unpaired) electrons. The first kappa shape index (κ1) is 13.3. The monoisotopic (exact) mass is 258 g/mol. The van der Waals surface area contributed by atoms with Crippen LogP contribution in [-0.4, -0.2) is 17.5 Å². The summed E-state index contributed by atoms with van der Waals surface area (Å²) in [5, 5.41) is 10.2. The van der Waals surface area contributed by atoms with Crippen LogP contribution in [0.3, 0.4) is 0 Å². The van der Waals surface area contributed by atoms with Crippen LogP contribution in [0.2, 0.25) is 0 Å². The van der Waals surface area contributed by atoms with E-state index in [0.29, 0.717) is 0 Å². The molecule has 0 aromatic heterocycles. The molecule has 1 aliphatic carbocycles. The van der Waals surface area contributed by atoms with Gasteiger partial charge < -0.3 is 5.11 Å². The number of hydrogen-bond acceptors (Lipinski definition) is 2. The number of hydrogen-bond donors (Lipinski definition) is 1. The van der Waals surface area contributed by atoms with Crippen LogP contribution in [0.5, 0.6) is 0 Å². The molecule has 18 heavy (non-hydrogen) atoms. The van der Waals surface area contributed by atoms with Crippen LogP contribution in [0.4, 0.5) is 0 Å². The molecule has 0 fully saturated rings. The van der Waals surface area contributed by atoms with Crippen LogP contribution in [-0.2, 0) is 0 Å². The third-order valence-corrected chi connectivity index (χ3v) is 4.12. The quantitative estimate of drug-likeness (QED) is 0.818. The first-order chi connectivity index (χ1) is 8.81. The maximum Gasteiger partial charge on any atom is 0.137 e. The third kappa shape index (κ3) is 3.41. The molecule has 0 heterocycles. The van der Waals surface area contributed by atoms with Gasteiger partial charge in [0.1, 0.15) is 6.10 Å². The Morgan fingerprint density at radius 2 is 1.89 bits per heavy atom. The van der Waals surface area contributed by atoms with Gasteiger partial charge in [-0.2, -0.15) is 0 Å². The Labute approximate surface area is 113 Å². The van der Waals surface area contributed by atoms with Gasteiger partial charge in [0.15, 0.2) is 0 Å². The molecule has 1 nitrogen and oxygen atoms in total. The zero-order valence-electron chi connectivity index (χ0n) is 10.6. The van der Waals surface area contributed by atoms with Gasteiger partial charge in [0.2, 0.25) is 0 Å². The summed E-state index contributed by atoms with van der Waals surface area (Å²) >= 11 is 1.76. The second-order valence-electron chi connectivity index (χ2n) is 4.40. The van der Waals surface area contributed by atoms with Crippen molar-refractivity contribution in [3.63, 3.8) is 0 Å². The van der Waals surface area contributed by atoms with Crippen molar-refractivity contribution in [1.29, 1.82) is 0 Å². The number of aliphatic hydroxyl groups excluding tert-OH is 1. The molecule has 0 saturated heterocycles. The predicted octanol–water partition coefficient (Wildman–Crippen LogP) is 3.59. The molecule has 1 aliphatic rings. The summed E-state index contributed by atoms with van der Waals surface area (Å²) < 4.78 is 0. The molecule has 0 aliphatic heterocycles. The topological polar surface area (TPSA) is 20.2 Å². The van der Waals surface area contributed by atoms with E-state index in [4.69, 9.17) is 0 Å². The molecule has 1 atom stereocenters. The highest BCUT2D eigenvalue weighted by Crippen LogP contribution is 2.32. The van der Waals surface area contributed by atoms with Gasteiger partial charge >= 0.3 is 0 Å². The fourth-order valence-corrected chi connectivity index (χ4v) is 3.01.